The Hall–Kier alpha value is -2.17. The standard InChI is InChI=1S/C15H10BrN3O2S/c1-10-2-4-13(5-3-10)22(20,21)19-15-7-12(16)6-11(8-17)14(15)9-18-19/h2-7,9H,1H3. The molecular formula is C15H10BrN3O2S. The first-order valence-corrected chi connectivity index (χ1v) is 8.56. The molecule has 0 bridgehead atoms. The Kier molecular flexibility index (Phi) is 3.51. The van der Waals surface area contributed by atoms with Gasteiger partial charge in [0.05, 0.1) is 28.2 Å². The Bertz CT molecular complexity index is 1020. The SMILES string of the molecule is Cc1ccc(S(=O)(=O)n2ncc3c(C#N)cc(Br)cc32)cc1. The number of halogens is 1. The van der Waals surface area contributed by atoms with E-state index < -0.39 is 10.0 Å². The fraction of sp³-hybridized carbons (Fsp3) is 0.0667. The molecule has 0 fully saturated rings. The first-order chi connectivity index (χ1) is 10.4. The molecule has 0 amide bonds. The van der Waals surface area contributed by atoms with Crippen LogP contribution in [-0.4, -0.2) is 17.6 Å². The molecule has 7 heteroatoms. The van der Waals surface area contributed by atoms with Gasteiger partial charge < -0.3 is 0 Å². The summed E-state index contributed by atoms with van der Waals surface area (Å²) in [5, 5.41) is 13.6. The molecule has 22 heavy (non-hydrogen) atoms. The first kappa shape index (κ1) is 14.8. The van der Waals surface area contributed by atoms with Crippen molar-refractivity contribution in [1.82, 2.24) is 9.19 Å². The Morgan fingerprint density at radius 3 is 2.55 bits per heavy atom. The van der Waals surface area contributed by atoms with Crippen LogP contribution in [0.2, 0.25) is 0 Å². The third-order valence-corrected chi connectivity index (χ3v) is 5.36. The van der Waals surface area contributed by atoms with E-state index in [2.05, 4.69) is 21.0 Å². The van der Waals surface area contributed by atoms with Gasteiger partial charge in [0, 0.05) is 9.86 Å². The number of fused-ring (bicyclic) bond motifs is 1. The van der Waals surface area contributed by atoms with Gasteiger partial charge in [0.1, 0.15) is 0 Å². The van der Waals surface area contributed by atoms with Crippen LogP contribution in [0.5, 0.6) is 0 Å². The van der Waals surface area contributed by atoms with Crippen molar-refractivity contribution in [3.05, 3.63) is 58.2 Å². The molecule has 0 unspecified atom stereocenters. The van der Waals surface area contributed by atoms with Crippen LogP contribution in [0.3, 0.4) is 0 Å². The summed E-state index contributed by atoms with van der Waals surface area (Å²) < 4.78 is 27.0. The minimum atomic E-state index is -3.81. The monoisotopic (exact) mass is 375 g/mol. The summed E-state index contributed by atoms with van der Waals surface area (Å²) in [5.74, 6) is 0. The van der Waals surface area contributed by atoms with Crippen molar-refractivity contribution < 1.29 is 8.42 Å². The molecule has 2 aromatic carbocycles. The maximum absolute atomic E-state index is 12.7. The number of rotatable bonds is 2. The maximum Gasteiger partial charge on any atom is 0.283 e. The molecule has 0 radical (unpaired) electrons. The molecule has 3 rings (SSSR count). The number of nitriles is 1. The molecule has 0 saturated heterocycles. The first-order valence-electron chi connectivity index (χ1n) is 6.33. The van der Waals surface area contributed by atoms with Crippen LogP contribution in [0.25, 0.3) is 10.9 Å². The molecule has 0 aliphatic carbocycles. The van der Waals surface area contributed by atoms with Crippen molar-refractivity contribution in [3.8, 4) is 6.07 Å². The zero-order valence-corrected chi connectivity index (χ0v) is 13.9. The van der Waals surface area contributed by atoms with Crippen LogP contribution in [-0.2, 0) is 10.0 Å². The average molecular weight is 376 g/mol. The van der Waals surface area contributed by atoms with E-state index in [9.17, 15) is 8.42 Å². The molecular weight excluding hydrogens is 366 g/mol. The van der Waals surface area contributed by atoms with E-state index in [4.69, 9.17) is 5.26 Å². The van der Waals surface area contributed by atoms with Crippen molar-refractivity contribution in [2.45, 2.75) is 11.8 Å². The van der Waals surface area contributed by atoms with E-state index in [0.29, 0.717) is 20.9 Å². The molecule has 5 nitrogen and oxygen atoms in total. The second kappa shape index (κ2) is 5.23. The lowest BCUT2D eigenvalue weighted by atomic mass is 10.1. The van der Waals surface area contributed by atoms with Crippen LogP contribution in [0, 0.1) is 18.3 Å². The molecule has 0 atom stereocenters. The fourth-order valence-corrected chi connectivity index (χ4v) is 3.87. The lowest BCUT2D eigenvalue weighted by Gasteiger charge is -2.06. The van der Waals surface area contributed by atoms with Crippen LogP contribution >= 0.6 is 15.9 Å². The molecule has 0 aliphatic heterocycles. The van der Waals surface area contributed by atoms with E-state index >= 15 is 0 Å². The molecule has 110 valence electrons. The Morgan fingerprint density at radius 2 is 1.91 bits per heavy atom. The largest absolute Gasteiger partial charge is 0.283 e. The lowest BCUT2D eigenvalue weighted by Crippen LogP contribution is -2.14. The van der Waals surface area contributed by atoms with Gasteiger partial charge in [-0.1, -0.05) is 33.6 Å². The summed E-state index contributed by atoms with van der Waals surface area (Å²) in [6, 6.07) is 11.9. The third-order valence-electron chi connectivity index (χ3n) is 3.29. The van der Waals surface area contributed by atoms with E-state index in [1.807, 2.05) is 13.0 Å². The normalized spacial score (nSPS) is 11.5. The van der Waals surface area contributed by atoms with Gasteiger partial charge in [-0.3, -0.25) is 0 Å². The van der Waals surface area contributed by atoms with Crippen LogP contribution in [0.4, 0.5) is 0 Å². The van der Waals surface area contributed by atoms with Crippen molar-refractivity contribution in [2.75, 3.05) is 0 Å². The van der Waals surface area contributed by atoms with Gasteiger partial charge in [-0.2, -0.15) is 22.9 Å². The average Bonchev–Trinajstić information content (AvgIpc) is 2.91. The topological polar surface area (TPSA) is 75.8 Å². The molecule has 0 saturated carbocycles. The summed E-state index contributed by atoms with van der Waals surface area (Å²) in [4.78, 5) is 0.154. The van der Waals surface area contributed by atoms with E-state index in [1.165, 1.54) is 6.20 Å². The third kappa shape index (κ3) is 2.30. The molecule has 1 aromatic heterocycles. The molecule has 0 aliphatic rings. The van der Waals surface area contributed by atoms with Gasteiger partial charge in [-0.05, 0) is 31.2 Å². The second-order valence-electron chi connectivity index (χ2n) is 4.80. The number of aromatic nitrogens is 2. The van der Waals surface area contributed by atoms with Gasteiger partial charge in [-0.25, -0.2) is 0 Å². The minimum Gasteiger partial charge on any atom is -0.199 e. The van der Waals surface area contributed by atoms with Gasteiger partial charge in [-0.15, -0.1) is 0 Å². The minimum absolute atomic E-state index is 0.154. The summed E-state index contributed by atoms with van der Waals surface area (Å²) in [6.07, 6.45) is 1.39. The predicted molar refractivity (Wildman–Crippen MR) is 85.9 cm³/mol. The summed E-state index contributed by atoms with van der Waals surface area (Å²) in [5.41, 5.74) is 1.71. The highest BCUT2D eigenvalue weighted by Crippen LogP contribution is 2.26. The number of hydrogen-bond acceptors (Lipinski definition) is 4. The van der Waals surface area contributed by atoms with Gasteiger partial charge in [0.2, 0.25) is 0 Å². The van der Waals surface area contributed by atoms with Crippen molar-refractivity contribution in [2.24, 2.45) is 0 Å². The predicted octanol–water partition coefficient (Wildman–Crippen LogP) is 3.22. The highest BCUT2D eigenvalue weighted by Gasteiger charge is 2.21. The zero-order valence-electron chi connectivity index (χ0n) is 11.5. The van der Waals surface area contributed by atoms with Gasteiger partial charge in [0.15, 0.2) is 0 Å². The highest BCUT2D eigenvalue weighted by molar-refractivity contribution is 9.10. The highest BCUT2D eigenvalue weighted by atomic mass is 79.9. The Balaban J connectivity index is 2.29. The number of nitrogens with zero attached hydrogens (tertiary/aromatic N) is 3. The molecule has 1 heterocycles. The smallest absolute Gasteiger partial charge is 0.199 e. The van der Waals surface area contributed by atoms with E-state index in [-0.39, 0.29) is 4.90 Å². The maximum atomic E-state index is 12.7. The fourth-order valence-electron chi connectivity index (χ4n) is 2.16. The summed E-state index contributed by atoms with van der Waals surface area (Å²) >= 11 is 3.29. The van der Waals surface area contributed by atoms with Gasteiger partial charge >= 0.3 is 0 Å². The molecule has 0 N–H and O–H groups in total. The summed E-state index contributed by atoms with van der Waals surface area (Å²) in [7, 11) is -3.81. The van der Waals surface area contributed by atoms with Crippen molar-refractivity contribution in [3.63, 3.8) is 0 Å². The second-order valence-corrected chi connectivity index (χ2v) is 7.49. The van der Waals surface area contributed by atoms with Crippen molar-refractivity contribution in [1.29, 1.82) is 5.26 Å². The van der Waals surface area contributed by atoms with Crippen LogP contribution in [0.1, 0.15) is 11.1 Å². The van der Waals surface area contributed by atoms with E-state index in [1.54, 1.807) is 36.4 Å². The summed E-state index contributed by atoms with van der Waals surface area (Å²) in [6.45, 7) is 1.88. The number of benzene rings is 2. The van der Waals surface area contributed by atoms with Crippen LogP contribution < -0.4 is 0 Å². The zero-order chi connectivity index (χ0) is 15.9. The quantitative estimate of drug-likeness (QED) is 0.688. The van der Waals surface area contributed by atoms with Crippen molar-refractivity contribution >= 4 is 36.9 Å². The Labute approximate surface area is 136 Å². The van der Waals surface area contributed by atoms with Gasteiger partial charge in [0.25, 0.3) is 10.0 Å². The number of hydrogen-bond donors (Lipinski definition) is 0. The Morgan fingerprint density at radius 1 is 1.23 bits per heavy atom. The van der Waals surface area contributed by atoms with Crippen LogP contribution in [0.15, 0.2) is 52.0 Å². The molecule has 0 spiro atoms. The van der Waals surface area contributed by atoms with E-state index in [0.717, 1.165) is 9.65 Å². The molecule has 3 aromatic rings. The number of aryl methyl sites for hydroxylation is 1. The lowest BCUT2D eigenvalue weighted by molar-refractivity contribution is 0.582.